The molecule has 120 valence electrons. The summed E-state index contributed by atoms with van der Waals surface area (Å²) < 4.78 is 0.737. The predicted octanol–water partition coefficient (Wildman–Crippen LogP) is 3.16. The Morgan fingerprint density at radius 3 is 2.74 bits per heavy atom. The zero-order chi connectivity index (χ0) is 16.7. The number of aromatic nitrogens is 1. The maximum Gasteiger partial charge on any atom is 0.230 e. The van der Waals surface area contributed by atoms with E-state index in [1.807, 2.05) is 30.3 Å². The van der Waals surface area contributed by atoms with E-state index >= 15 is 0 Å². The smallest absolute Gasteiger partial charge is 0.230 e. The minimum absolute atomic E-state index is 0.0764. The molecule has 0 fully saturated rings. The fourth-order valence-electron chi connectivity index (χ4n) is 1.76. The van der Waals surface area contributed by atoms with Crippen LogP contribution in [0, 0.1) is 0 Å². The molecule has 1 heterocycles. The topological polar surface area (TPSA) is 71.1 Å². The number of rotatable bonds is 7. The van der Waals surface area contributed by atoms with Crippen LogP contribution in [-0.2, 0) is 9.59 Å². The highest BCUT2D eigenvalue weighted by atomic mass is 32.2. The van der Waals surface area contributed by atoms with E-state index < -0.39 is 0 Å². The van der Waals surface area contributed by atoms with Crippen molar-refractivity contribution < 1.29 is 9.59 Å². The van der Waals surface area contributed by atoms with E-state index in [1.54, 1.807) is 6.08 Å². The van der Waals surface area contributed by atoms with Crippen molar-refractivity contribution in [2.75, 3.05) is 17.6 Å². The lowest BCUT2D eigenvalue weighted by atomic mass is 10.2. The number of anilines is 1. The van der Waals surface area contributed by atoms with Crippen molar-refractivity contribution in [3.8, 4) is 11.3 Å². The Morgan fingerprint density at radius 2 is 2.09 bits per heavy atom. The van der Waals surface area contributed by atoms with Crippen LogP contribution in [0.3, 0.4) is 0 Å². The first kappa shape index (κ1) is 17.2. The molecule has 5 nitrogen and oxygen atoms in total. The van der Waals surface area contributed by atoms with Crippen molar-refractivity contribution in [2.45, 2.75) is 11.3 Å². The quantitative estimate of drug-likeness (QED) is 0.596. The van der Waals surface area contributed by atoms with Crippen molar-refractivity contribution in [3.05, 3.63) is 43.0 Å². The van der Waals surface area contributed by atoms with E-state index in [1.165, 1.54) is 30.0 Å². The molecule has 0 saturated heterocycles. The molecule has 0 aliphatic carbocycles. The molecule has 0 saturated carbocycles. The third-order valence-corrected chi connectivity index (χ3v) is 4.83. The van der Waals surface area contributed by atoms with Crippen LogP contribution < -0.4 is 10.6 Å². The molecule has 2 N–H and O–H groups in total. The number of nitrogens with one attached hydrogen (secondary N) is 2. The zero-order valence-electron chi connectivity index (χ0n) is 12.7. The molecule has 1 aromatic heterocycles. The second kappa shape index (κ2) is 8.50. The van der Waals surface area contributed by atoms with Gasteiger partial charge in [-0.15, -0.1) is 6.58 Å². The second-order valence-electron chi connectivity index (χ2n) is 4.59. The van der Waals surface area contributed by atoms with Gasteiger partial charge in [0.15, 0.2) is 4.34 Å². The van der Waals surface area contributed by atoms with Gasteiger partial charge >= 0.3 is 0 Å². The summed E-state index contributed by atoms with van der Waals surface area (Å²) in [7, 11) is 0. The molecule has 0 atom stereocenters. The van der Waals surface area contributed by atoms with Crippen LogP contribution in [-0.4, -0.2) is 29.1 Å². The number of amides is 2. The van der Waals surface area contributed by atoms with Crippen LogP contribution in [0.15, 0.2) is 47.3 Å². The second-order valence-corrected chi connectivity index (χ2v) is 6.81. The molecule has 2 aromatic rings. The van der Waals surface area contributed by atoms with E-state index in [-0.39, 0.29) is 17.6 Å². The maximum atomic E-state index is 11.6. The summed E-state index contributed by atoms with van der Waals surface area (Å²) in [6.45, 7) is 5.47. The molecular formula is C16H17N3O2S2. The van der Waals surface area contributed by atoms with Gasteiger partial charge < -0.3 is 10.6 Å². The van der Waals surface area contributed by atoms with Gasteiger partial charge in [0, 0.05) is 19.0 Å². The fraction of sp³-hybridized carbons (Fsp3) is 0.188. The van der Waals surface area contributed by atoms with Gasteiger partial charge in [-0.1, -0.05) is 59.5 Å². The Hall–Kier alpha value is -2.12. The van der Waals surface area contributed by atoms with Gasteiger partial charge in [0.05, 0.1) is 5.75 Å². The van der Waals surface area contributed by atoms with E-state index in [0.29, 0.717) is 11.5 Å². The molecule has 0 bridgehead atoms. The van der Waals surface area contributed by atoms with E-state index in [9.17, 15) is 9.59 Å². The summed E-state index contributed by atoms with van der Waals surface area (Å²) in [6.07, 6.45) is 1.63. The van der Waals surface area contributed by atoms with Gasteiger partial charge in [-0.2, -0.15) is 0 Å². The number of thioether (sulfide) groups is 1. The number of carbonyl (C=O) groups is 2. The Bertz CT molecular complexity index is 699. The Kier molecular flexibility index (Phi) is 6.37. The lowest BCUT2D eigenvalue weighted by Gasteiger charge is -2.01. The first-order chi connectivity index (χ1) is 11.1. The van der Waals surface area contributed by atoms with Gasteiger partial charge in [0.2, 0.25) is 11.8 Å². The summed E-state index contributed by atoms with van der Waals surface area (Å²) >= 11 is 2.71. The molecule has 2 rings (SSSR count). The van der Waals surface area contributed by atoms with Crippen molar-refractivity contribution in [1.82, 2.24) is 10.3 Å². The van der Waals surface area contributed by atoms with Crippen LogP contribution in [0.1, 0.15) is 6.92 Å². The monoisotopic (exact) mass is 347 g/mol. The molecular weight excluding hydrogens is 330 g/mol. The molecule has 23 heavy (non-hydrogen) atoms. The highest BCUT2D eigenvalue weighted by Crippen LogP contribution is 2.37. The lowest BCUT2D eigenvalue weighted by molar-refractivity contribution is -0.118. The van der Waals surface area contributed by atoms with Crippen molar-refractivity contribution >= 4 is 39.9 Å². The lowest BCUT2D eigenvalue weighted by Crippen LogP contribution is -2.24. The van der Waals surface area contributed by atoms with Crippen LogP contribution in [0.25, 0.3) is 11.3 Å². The van der Waals surface area contributed by atoms with Gasteiger partial charge in [0.25, 0.3) is 0 Å². The number of thiazole rings is 1. The van der Waals surface area contributed by atoms with Crippen molar-refractivity contribution in [1.29, 1.82) is 0 Å². The maximum absolute atomic E-state index is 11.6. The van der Waals surface area contributed by atoms with Gasteiger partial charge in [-0.05, 0) is 0 Å². The summed E-state index contributed by atoms with van der Waals surface area (Å²) in [4.78, 5) is 27.6. The first-order valence-corrected chi connectivity index (χ1v) is 8.74. The first-order valence-electron chi connectivity index (χ1n) is 6.94. The number of benzene rings is 1. The molecule has 0 unspecified atom stereocenters. The zero-order valence-corrected chi connectivity index (χ0v) is 14.3. The standard InChI is InChI=1S/C16H17N3O2S2/c1-3-9-17-13(21)10-22-16-19-14(12-7-5-4-6-8-12)15(23-16)18-11(2)20/h3-8H,1,9-10H2,2H3,(H,17,21)(H,18,20). The number of nitrogens with zero attached hydrogens (tertiary/aromatic N) is 1. The highest BCUT2D eigenvalue weighted by Gasteiger charge is 2.15. The van der Waals surface area contributed by atoms with Crippen LogP contribution in [0.2, 0.25) is 0 Å². The summed E-state index contributed by atoms with van der Waals surface area (Å²) in [5.74, 6) is 0.0493. The molecule has 1 aromatic carbocycles. The molecule has 0 radical (unpaired) electrons. The van der Waals surface area contributed by atoms with Crippen LogP contribution in [0.5, 0.6) is 0 Å². The Labute approximate surface area is 143 Å². The number of carbonyl (C=O) groups excluding carboxylic acids is 2. The average molecular weight is 347 g/mol. The van der Waals surface area contributed by atoms with Crippen molar-refractivity contribution in [3.63, 3.8) is 0 Å². The van der Waals surface area contributed by atoms with Crippen LogP contribution >= 0.6 is 23.1 Å². The summed E-state index contributed by atoms with van der Waals surface area (Å²) in [5, 5.41) is 6.21. The van der Waals surface area contributed by atoms with Crippen LogP contribution in [0.4, 0.5) is 5.00 Å². The Balaban J connectivity index is 2.15. The highest BCUT2D eigenvalue weighted by molar-refractivity contribution is 8.01. The SMILES string of the molecule is C=CCNC(=O)CSc1nc(-c2ccccc2)c(NC(C)=O)s1. The van der Waals surface area contributed by atoms with E-state index in [2.05, 4.69) is 22.2 Å². The Morgan fingerprint density at radius 1 is 1.35 bits per heavy atom. The van der Waals surface area contributed by atoms with Gasteiger partial charge in [-0.25, -0.2) is 4.98 Å². The minimum atomic E-state index is -0.147. The average Bonchev–Trinajstić information content (AvgIpc) is 2.94. The largest absolute Gasteiger partial charge is 0.352 e. The summed E-state index contributed by atoms with van der Waals surface area (Å²) in [6, 6.07) is 9.63. The van der Waals surface area contributed by atoms with Gasteiger partial charge in [-0.3, -0.25) is 9.59 Å². The molecule has 2 amide bonds. The number of hydrogen-bond donors (Lipinski definition) is 2. The summed E-state index contributed by atoms with van der Waals surface area (Å²) in [5.41, 5.74) is 1.65. The molecule has 0 spiro atoms. The fourth-order valence-corrected chi connectivity index (χ4v) is 3.70. The predicted molar refractivity (Wildman–Crippen MR) is 95.8 cm³/mol. The van der Waals surface area contributed by atoms with E-state index in [4.69, 9.17) is 0 Å². The molecule has 0 aliphatic heterocycles. The third kappa shape index (κ3) is 5.22. The third-order valence-electron chi connectivity index (χ3n) is 2.71. The number of hydrogen-bond acceptors (Lipinski definition) is 5. The minimum Gasteiger partial charge on any atom is -0.352 e. The van der Waals surface area contributed by atoms with E-state index in [0.717, 1.165) is 15.6 Å². The normalized spacial score (nSPS) is 10.1. The molecule has 7 heteroatoms. The van der Waals surface area contributed by atoms with Crippen molar-refractivity contribution in [2.24, 2.45) is 0 Å². The molecule has 0 aliphatic rings. The van der Waals surface area contributed by atoms with Gasteiger partial charge in [0.1, 0.15) is 10.7 Å².